The Morgan fingerprint density at radius 2 is 1.36 bits per heavy atom. The zero-order chi connectivity index (χ0) is 18.2. The molecule has 1 saturated carbocycles. The summed E-state index contributed by atoms with van der Waals surface area (Å²) in [5.74, 6) is 2.87. The summed E-state index contributed by atoms with van der Waals surface area (Å²) in [4.78, 5) is 0. The van der Waals surface area contributed by atoms with Crippen molar-refractivity contribution in [2.75, 3.05) is 0 Å². The molecule has 0 aromatic heterocycles. The third-order valence-electron chi connectivity index (χ3n) is 4.09. The van der Waals surface area contributed by atoms with E-state index in [1.54, 1.807) is 0 Å². The van der Waals surface area contributed by atoms with Crippen LogP contribution in [0.25, 0.3) is 0 Å². The maximum atomic E-state index is 2.46. The SMILES string of the molecule is CC.CC.CC(C)C.CCCC1CCCC(C)(C)CC1CC. The van der Waals surface area contributed by atoms with Crippen LogP contribution >= 0.6 is 0 Å². The Labute approximate surface area is 144 Å². The average Bonchev–Trinajstić information content (AvgIpc) is 2.61. The second-order valence-corrected chi connectivity index (χ2v) is 7.71. The molecule has 0 aromatic rings. The molecule has 1 rings (SSSR count). The van der Waals surface area contributed by atoms with Crippen molar-refractivity contribution < 1.29 is 0 Å². The minimum Gasteiger partial charge on any atom is -0.0683 e. The van der Waals surface area contributed by atoms with Crippen LogP contribution in [0.4, 0.5) is 0 Å². The predicted molar refractivity (Wildman–Crippen MR) is 108 cm³/mol. The normalized spacial score (nSPS) is 22.9. The quantitative estimate of drug-likeness (QED) is 0.457. The lowest BCUT2D eigenvalue weighted by Crippen LogP contribution is -2.18. The molecule has 2 unspecified atom stereocenters. The van der Waals surface area contributed by atoms with Crippen molar-refractivity contribution in [1.29, 1.82) is 0 Å². The molecule has 22 heavy (non-hydrogen) atoms. The fraction of sp³-hybridized carbons (Fsp3) is 1.00. The molecule has 0 nitrogen and oxygen atoms in total. The summed E-state index contributed by atoms with van der Waals surface area (Å²) in [6.07, 6.45) is 10.1. The van der Waals surface area contributed by atoms with E-state index in [9.17, 15) is 0 Å². The Hall–Kier alpha value is 0. The van der Waals surface area contributed by atoms with E-state index >= 15 is 0 Å². The lowest BCUT2D eigenvalue weighted by molar-refractivity contribution is 0.217. The Balaban J connectivity index is -0.000000383. The summed E-state index contributed by atoms with van der Waals surface area (Å²) in [6, 6.07) is 0. The van der Waals surface area contributed by atoms with Crippen LogP contribution in [0, 0.1) is 23.2 Å². The molecule has 1 aliphatic carbocycles. The summed E-state index contributed by atoms with van der Waals surface area (Å²) in [5.41, 5.74) is 0.614. The second-order valence-electron chi connectivity index (χ2n) is 7.71. The van der Waals surface area contributed by atoms with Crippen molar-refractivity contribution in [1.82, 2.24) is 0 Å². The molecule has 0 bridgehead atoms. The molecule has 1 fully saturated rings. The zero-order valence-corrected chi connectivity index (χ0v) is 18.2. The molecule has 0 spiro atoms. The molecule has 1 aliphatic rings. The molecule has 0 amide bonds. The van der Waals surface area contributed by atoms with Gasteiger partial charge in [-0.15, -0.1) is 0 Å². The highest BCUT2D eigenvalue weighted by molar-refractivity contribution is 4.81. The van der Waals surface area contributed by atoms with E-state index in [1.165, 1.54) is 44.9 Å². The highest BCUT2D eigenvalue weighted by atomic mass is 14.4. The van der Waals surface area contributed by atoms with Gasteiger partial charge >= 0.3 is 0 Å². The van der Waals surface area contributed by atoms with Crippen LogP contribution in [0.1, 0.15) is 121 Å². The second kappa shape index (κ2) is 17.4. The van der Waals surface area contributed by atoms with Gasteiger partial charge in [0.1, 0.15) is 0 Å². The fourth-order valence-corrected chi connectivity index (χ4v) is 3.29. The standard InChI is InChI=1S/C14H28.C4H10.2C2H6/c1-5-8-13-9-7-10-14(3,4)11-12(13)6-2;1-4(2)3;2*1-2/h12-13H,5-11H2,1-4H3;4H,1-3H3;2*1-2H3. The largest absolute Gasteiger partial charge is 0.0683 e. The van der Waals surface area contributed by atoms with E-state index in [0.717, 1.165) is 17.8 Å². The summed E-state index contributed by atoms with van der Waals surface area (Å²) in [6.45, 7) is 24.1. The Bertz CT molecular complexity index is 187. The highest BCUT2D eigenvalue weighted by Gasteiger charge is 2.30. The van der Waals surface area contributed by atoms with Crippen LogP contribution in [0.3, 0.4) is 0 Å². The first-order valence-electron chi connectivity index (χ1n) is 10.3. The van der Waals surface area contributed by atoms with Gasteiger partial charge in [-0.2, -0.15) is 0 Å². The van der Waals surface area contributed by atoms with Crippen molar-refractivity contribution in [3.8, 4) is 0 Å². The van der Waals surface area contributed by atoms with E-state index < -0.39 is 0 Å². The van der Waals surface area contributed by atoms with Gasteiger partial charge in [0.2, 0.25) is 0 Å². The molecule has 0 saturated heterocycles. The molecule has 0 aliphatic heterocycles. The van der Waals surface area contributed by atoms with E-state index in [2.05, 4.69) is 48.5 Å². The van der Waals surface area contributed by atoms with Gasteiger partial charge in [-0.05, 0) is 36.0 Å². The first kappa shape index (κ1) is 26.9. The first-order valence-corrected chi connectivity index (χ1v) is 10.3. The number of hydrogen-bond acceptors (Lipinski definition) is 0. The zero-order valence-electron chi connectivity index (χ0n) is 18.2. The molecular weight excluding hydrogens is 264 g/mol. The van der Waals surface area contributed by atoms with Gasteiger partial charge < -0.3 is 0 Å². The number of hydrogen-bond donors (Lipinski definition) is 0. The van der Waals surface area contributed by atoms with E-state index in [4.69, 9.17) is 0 Å². The Morgan fingerprint density at radius 1 is 0.909 bits per heavy atom. The van der Waals surface area contributed by atoms with Crippen molar-refractivity contribution in [2.24, 2.45) is 23.2 Å². The van der Waals surface area contributed by atoms with Gasteiger partial charge in [-0.25, -0.2) is 0 Å². The molecule has 0 heterocycles. The minimum absolute atomic E-state index is 0.614. The van der Waals surface area contributed by atoms with E-state index in [-0.39, 0.29) is 0 Å². The van der Waals surface area contributed by atoms with Crippen molar-refractivity contribution in [2.45, 2.75) is 121 Å². The van der Waals surface area contributed by atoms with Crippen LogP contribution < -0.4 is 0 Å². The topological polar surface area (TPSA) is 0 Å². The summed E-state index contributed by atoms with van der Waals surface area (Å²) < 4.78 is 0. The highest BCUT2D eigenvalue weighted by Crippen LogP contribution is 2.42. The minimum atomic E-state index is 0.614. The molecule has 138 valence electrons. The molecule has 0 N–H and O–H groups in total. The van der Waals surface area contributed by atoms with E-state index in [0.29, 0.717) is 5.41 Å². The van der Waals surface area contributed by atoms with Crippen LogP contribution in [0.5, 0.6) is 0 Å². The molecular formula is C22H50. The van der Waals surface area contributed by atoms with Gasteiger partial charge in [0, 0.05) is 0 Å². The van der Waals surface area contributed by atoms with Crippen LogP contribution in [-0.4, -0.2) is 0 Å². The van der Waals surface area contributed by atoms with Crippen molar-refractivity contribution in [3.05, 3.63) is 0 Å². The first-order chi connectivity index (χ1) is 10.3. The molecule has 0 radical (unpaired) electrons. The van der Waals surface area contributed by atoms with Gasteiger partial charge in [0.15, 0.2) is 0 Å². The van der Waals surface area contributed by atoms with E-state index in [1.807, 2.05) is 27.7 Å². The number of rotatable bonds is 3. The maximum Gasteiger partial charge on any atom is -0.0351 e. The summed E-state index contributed by atoms with van der Waals surface area (Å²) in [5, 5.41) is 0. The molecule has 2 atom stereocenters. The van der Waals surface area contributed by atoms with Gasteiger partial charge in [-0.1, -0.05) is 108 Å². The summed E-state index contributed by atoms with van der Waals surface area (Å²) >= 11 is 0. The third-order valence-corrected chi connectivity index (χ3v) is 4.09. The Morgan fingerprint density at radius 3 is 1.73 bits per heavy atom. The third kappa shape index (κ3) is 16.4. The van der Waals surface area contributed by atoms with Crippen LogP contribution in [0.15, 0.2) is 0 Å². The lowest BCUT2D eigenvalue weighted by Gasteiger charge is -2.29. The van der Waals surface area contributed by atoms with Crippen molar-refractivity contribution in [3.63, 3.8) is 0 Å². The Kier molecular flexibility index (Phi) is 21.2. The molecule has 0 heteroatoms. The smallest absolute Gasteiger partial charge is 0.0351 e. The van der Waals surface area contributed by atoms with Crippen molar-refractivity contribution >= 4 is 0 Å². The van der Waals surface area contributed by atoms with Gasteiger partial charge in [0.05, 0.1) is 0 Å². The maximum absolute atomic E-state index is 2.46. The van der Waals surface area contributed by atoms with Crippen LogP contribution in [0.2, 0.25) is 0 Å². The fourth-order valence-electron chi connectivity index (χ4n) is 3.29. The average molecular weight is 315 g/mol. The summed E-state index contributed by atoms with van der Waals surface area (Å²) in [7, 11) is 0. The van der Waals surface area contributed by atoms with Gasteiger partial charge in [0.25, 0.3) is 0 Å². The predicted octanol–water partition coefficient (Wildman–Crippen LogP) is 8.74. The van der Waals surface area contributed by atoms with Crippen LogP contribution in [-0.2, 0) is 0 Å². The van der Waals surface area contributed by atoms with Gasteiger partial charge in [-0.3, -0.25) is 0 Å². The lowest BCUT2D eigenvalue weighted by atomic mass is 9.76. The monoisotopic (exact) mass is 314 g/mol. The molecule has 0 aromatic carbocycles.